The van der Waals surface area contributed by atoms with Crippen LogP contribution in [0.15, 0.2) is 24.5 Å². The Morgan fingerprint density at radius 2 is 1.80 bits per heavy atom. The molecule has 0 saturated carbocycles. The number of hydrogen-bond donors (Lipinski definition) is 1. The Bertz CT molecular complexity index is 1260. The molecule has 1 aliphatic heterocycles. The maximum atomic E-state index is 14.5. The summed E-state index contributed by atoms with van der Waals surface area (Å²) in [6.45, 7) is 2.70. The van der Waals surface area contributed by atoms with Crippen molar-refractivity contribution in [3.05, 3.63) is 58.9 Å². The molecule has 2 aromatic heterocycles. The van der Waals surface area contributed by atoms with Crippen molar-refractivity contribution >= 4 is 27.5 Å². The number of rotatable bonds is 5. The van der Waals surface area contributed by atoms with Crippen molar-refractivity contribution in [2.75, 3.05) is 18.0 Å². The van der Waals surface area contributed by atoms with Gasteiger partial charge in [-0.15, -0.1) is 0 Å². The molecule has 3 heterocycles. The molecule has 1 saturated heterocycles. The Morgan fingerprint density at radius 1 is 1.11 bits per heavy atom. The molecule has 1 N–H and O–H groups in total. The van der Waals surface area contributed by atoms with Crippen molar-refractivity contribution in [2.24, 2.45) is 13.0 Å². The number of anilines is 1. The number of amides is 1. The number of nitrogens with zero attached hydrogens (tertiary/aromatic N) is 5. The van der Waals surface area contributed by atoms with Crippen LogP contribution in [0.3, 0.4) is 0 Å². The van der Waals surface area contributed by atoms with Crippen LogP contribution < -0.4 is 10.2 Å². The third-order valence-electron chi connectivity index (χ3n) is 6.33. The maximum absolute atomic E-state index is 14.5. The lowest BCUT2D eigenvalue weighted by molar-refractivity contribution is -0.126. The van der Waals surface area contributed by atoms with E-state index in [0.29, 0.717) is 43.6 Å². The fourth-order valence-electron chi connectivity index (χ4n) is 4.39. The monoisotopic (exact) mass is 486 g/mol. The van der Waals surface area contributed by atoms with Gasteiger partial charge in [0.2, 0.25) is 11.9 Å². The van der Waals surface area contributed by atoms with Crippen LogP contribution in [0.25, 0.3) is 11.4 Å². The van der Waals surface area contributed by atoms with Crippen LogP contribution in [0.5, 0.6) is 0 Å². The smallest absolute Gasteiger partial charge is 0.226 e. The molecular formula is C22H24B2F4N6O. The van der Waals surface area contributed by atoms with Crippen molar-refractivity contribution in [3.63, 3.8) is 0 Å². The zero-order chi connectivity index (χ0) is 25.5. The topological polar surface area (TPSA) is 75.9 Å². The highest BCUT2D eigenvalue weighted by Gasteiger charge is 2.33. The van der Waals surface area contributed by atoms with Crippen molar-refractivity contribution in [1.82, 2.24) is 25.1 Å². The highest BCUT2D eigenvalue weighted by Crippen LogP contribution is 2.28. The molecule has 1 aromatic carbocycles. The average Bonchev–Trinajstić information content (AvgIpc) is 3.14. The summed E-state index contributed by atoms with van der Waals surface area (Å²) in [4.78, 5) is 23.3. The summed E-state index contributed by atoms with van der Waals surface area (Å²) in [6.07, 6.45) is 3.65. The molecule has 1 fully saturated rings. The average molecular weight is 486 g/mol. The first-order valence-corrected chi connectivity index (χ1v) is 11.2. The van der Waals surface area contributed by atoms with Crippen LogP contribution in [0, 0.1) is 36.1 Å². The quantitative estimate of drug-likeness (QED) is 0.333. The van der Waals surface area contributed by atoms with Crippen LogP contribution in [-0.2, 0) is 17.2 Å². The van der Waals surface area contributed by atoms with E-state index in [-0.39, 0.29) is 17.2 Å². The standard InChI is InChI=1S/C22H24B2F4N6O/c1-11-9-30-33(2)19(11)18-16(27)10-29-21(31-18)34-5-3-12(4-6-34)20(35)32-22(23,24)14-7-13(25)8-15(26)17(14)28/h7-10,12H,3-6,23-24H2,1-2H3,(H,32,35). The van der Waals surface area contributed by atoms with Crippen molar-refractivity contribution in [2.45, 2.75) is 25.1 Å². The molecule has 0 atom stereocenters. The van der Waals surface area contributed by atoms with Crippen LogP contribution in [0.4, 0.5) is 23.5 Å². The van der Waals surface area contributed by atoms with E-state index in [1.54, 1.807) is 17.9 Å². The molecule has 1 aliphatic rings. The highest BCUT2D eigenvalue weighted by atomic mass is 19.2. The molecule has 0 unspecified atom stereocenters. The van der Waals surface area contributed by atoms with Gasteiger partial charge >= 0.3 is 0 Å². The first-order valence-electron chi connectivity index (χ1n) is 11.2. The summed E-state index contributed by atoms with van der Waals surface area (Å²) < 4.78 is 57.7. The van der Waals surface area contributed by atoms with Gasteiger partial charge in [0.1, 0.15) is 27.2 Å². The lowest BCUT2D eigenvalue weighted by atomic mass is 9.57. The summed E-state index contributed by atoms with van der Waals surface area (Å²) in [5.74, 6) is -4.38. The van der Waals surface area contributed by atoms with Crippen LogP contribution in [-0.4, -0.2) is 54.4 Å². The van der Waals surface area contributed by atoms with Crippen LogP contribution in [0.2, 0.25) is 0 Å². The number of carbonyl (C=O) groups excluding carboxylic acids is 1. The minimum Gasteiger partial charge on any atom is -0.362 e. The van der Waals surface area contributed by atoms with Crippen molar-refractivity contribution in [3.8, 4) is 11.4 Å². The number of nitrogens with one attached hydrogen (secondary N) is 1. The van der Waals surface area contributed by atoms with E-state index in [1.807, 2.05) is 11.8 Å². The number of aromatic nitrogens is 4. The summed E-state index contributed by atoms with van der Waals surface area (Å²) in [7, 11) is 4.69. The molecule has 0 aliphatic carbocycles. The van der Waals surface area contributed by atoms with Crippen LogP contribution >= 0.6 is 0 Å². The second-order valence-corrected chi connectivity index (χ2v) is 9.29. The first-order chi connectivity index (χ1) is 16.5. The predicted octanol–water partition coefficient (Wildman–Crippen LogP) is 1.15. The minimum absolute atomic E-state index is 0.151. The van der Waals surface area contributed by atoms with Gasteiger partial charge in [-0.3, -0.25) is 9.48 Å². The minimum atomic E-state index is -1.32. The van der Waals surface area contributed by atoms with E-state index in [9.17, 15) is 22.4 Å². The van der Waals surface area contributed by atoms with Gasteiger partial charge in [-0.05, 0) is 31.4 Å². The van der Waals surface area contributed by atoms with E-state index in [4.69, 9.17) is 0 Å². The van der Waals surface area contributed by atoms with E-state index >= 15 is 0 Å². The van der Waals surface area contributed by atoms with Gasteiger partial charge < -0.3 is 10.2 Å². The van der Waals surface area contributed by atoms with Gasteiger partial charge in [0, 0.05) is 43.0 Å². The summed E-state index contributed by atoms with van der Waals surface area (Å²) in [5.41, 5.74) is 1.23. The normalized spacial score (nSPS) is 14.9. The lowest BCUT2D eigenvalue weighted by Crippen LogP contribution is -2.51. The number of benzene rings is 1. The fourth-order valence-corrected chi connectivity index (χ4v) is 4.39. The second-order valence-electron chi connectivity index (χ2n) is 9.29. The molecule has 3 aromatic rings. The number of aryl methyl sites for hydroxylation is 2. The third-order valence-corrected chi connectivity index (χ3v) is 6.33. The first kappa shape index (κ1) is 24.7. The van der Waals surface area contributed by atoms with Gasteiger partial charge in [0.25, 0.3) is 0 Å². The Kier molecular flexibility index (Phi) is 6.61. The number of carbonyl (C=O) groups is 1. The molecule has 1 amide bonds. The number of halogens is 4. The van der Waals surface area contributed by atoms with Crippen molar-refractivity contribution < 1.29 is 22.4 Å². The molecule has 0 radical (unpaired) electrons. The van der Waals surface area contributed by atoms with E-state index in [1.165, 1.54) is 15.7 Å². The van der Waals surface area contributed by atoms with E-state index in [2.05, 4.69) is 20.4 Å². The van der Waals surface area contributed by atoms with Gasteiger partial charge in [-0.2, -0.15) is 5.10 Å². The Hall–Kier alpha value is -3.37. The number of hydrogen-bond acceptors (Lipinski definition) is 5. The molecular weight excluding hydrogens is 462 g/mol. The molecule has 13 heteroatoms. The van der Waals surface area contributed by atoms with Gasteiger partial charge in [-0.1, -0.05) is 0 Å². The third kappa shape index (κ3) is 4.89. The maximum Gasteiger partial charge on any atom is 0.226 e. The Labute approximate surface area is 201 Å². The van der Waals surface area contributed by atoms with Crippen molar-refractivity contribution in [1.29, 1.82) is 0 Å². The molecule has 0 spiro atoms. The number of piperidine rings is 1. The largest absolute Gasteiger partial charge is 0.362 e. The SMILES string of the molecule is BC(B)(NC(=O)C1CCN(c2ncc(F)c(-c3c(C)cnn3C)n2)CC1)c1cc(F)cc(F)c1F. The highest BCUT2D eigenvalue weighted by molar-refractivity contribution is 6.40. The molecule has 7 nitrogen and oxygen atoms in total. The second kappa shape index (κ2) is 9.35. The van der Waals surface area contributed by atoms with E-state index < -0.39 is 34.5 Å². The zero-order valence-electron chi connectivity index (χ0n) is 19.9. The predicted molar refractivity (Wildman–Crippen MR) is 127 cm³/mol. The van der Waals surface area contributed by atoms with Gasteiger partial charge in [0.15, 0.2) is 17.5 Å². The zero-order valence-corrected chi connectivity index (χ0v) is 19.9. The summed E-state index contributed by atoms with van der Waals surface area (Å²) >= 11 is 0. The van der Waals surface area contributed by atoms with Gasteiger partial charge in [-0.25, -0.2) is 27.5 Å². The lowest BCUT2D eigenvalue weighted by Gasteiger charge is -2.34. The van der Waals surface area contributed by atoms with Gasteiger partial charge in [0.05, 0.1) is 18.1 Å². The summed E-state index contributed by atoms with van der Waals surface area (Å²) in [5, 5.41) is 5.53. The Balaban J connectivity index is 1.45. The van der Waals surface area contributed by atoms with Crippen LogP contribution in [0.1, 0.15) is 24.0 Å². The fraction of sp³-hybridized carbons (Fsp3) is 0.364. The molecule has 0 bridgehead atoms. The Morgan fingerprint density at radius 3 is 2.43 bits per heavy atom. The summed E-state index contributed by atoms with van der Waals surface area (Å²) in [6, 6.07) is 1.35. The van der Waals surface area contributed by atoms with E-state index in [0.717, 1.165) is 17.8 Å². The molecule has 4 rings (SSSR count). The molecule has 182 valence electrons. The molecule has 35 heavy (non-hydrogen) atoms.